The quantitative estimate of drug-likeness (QED) is 0.187. The predicted molar refractivity (Wildman–Crippen MR) is 133 cm³/mol. The number of ether oxygens (including phenoxy) is 2. The van der Waals surface area contributed by atoms with Crippen molar-refractivity contribution in [2.45, 2.75) is 116 Å². The second-order valence-electron chi connectivity index (χ2n) is 8.94. The van der Waals surface area contributed by atoms with E-state index in [2.05, 4.69) is 13.0 Å². The first-order valence-corrected chi connectivity index (χ1v) is 13.2. The van der Waals surface area contributed by atoms with E-state index in [0.717, 1.165) is 6.42 Å². The first-order valence-electron chi connectivity index (χ1n) is 13.2. The molecule has 1 aromatic rings. The summed E-state index contributed by atoms with van der Waals surface area (Å²) in [6.07, 6.45) is 21.4. The molecule has 0 radical (unpaired) electrons. The highest BCUT2D eigenvalue weighted by Crippen LogP contribution is 2.15. The van der Waals surface area contributed by atoms with Gasteiger partial charge in [-0.15, -0.1) is 0 Å². The van der Waals surface area contributed by atoms with Crippen LogP contribution in [0.2, 0.25) is 0 Å². The van der Waals surface area contributed by atoms with Gasteiger partial charge in [0.25, 0.3) is 0 Å². The summed E-state index contributed by atoms with van der Waals surface area (Å²) in [5.41, 5.74) is 0.549. The van der Waals surface area contributed by atoms with Crippen LogP contribution in [0.15, 0.2) is 24.3 Å². The van der Waals surface area contributed by atoms with Crippen molar-refractivity contribution >= 4 is 0 Å². The van der Waals surface area contributed by atoms with Gasteiger partial charge in [0.15, 0.2) is 0 Å². The maximum atomic E-state index is 9.49. The lowest BCUT2D eigenvalue weighted by Crippen LogP contribution is -2.27. The van der Waals surface area contributed by atoms with Gasteiger partial charge < -0.3 is 14.6 Å². The molecule has 4 heteroatoms. The molecule has 0 unspecified atom stereocenters. The molecule has 4 nitrogen and oxygen atoms in total. The SMILES string of the molecule is CCCCCCCCCCCCCCCCCCOC[C@H](CO)Oc1cccc(C#N)c1. The lowest BCUT2D eigenvalue weighted by atomic mass is 10.0. The van der Waals surface area contributed by atoms with Gasteiger partial charge in [-0.05, 0) is 24.6 Å². The molecule has 0 amide bonds. The Bertz CT molecular complexity index is 584. The van der Waals surface area contributed by atoms with Crippen LogP contribution < -0.4 is 4.74 Å². The second kappa shape index (κ2) is 21.3. The summed E-state index contributed by atoms with van der Waals surface area (Å²) in [4.78, 5) is 0. The zero-order chi connectivity index (χ0) is 23.1. The predicted octanol–water partition coefficient (Wildman–Crippen LogP) is 7.58. The molecule has 0 heterocycles. The average molecular weight is 446 g/mol. The summed E-state index contributed by atoms with van der Waals surface area (Å²) in [5, 5.41) is 18.4. The van der Waals surface area contributed by atoms with E-state index < -0.39 is 6.10 Å². The van der Waals surface area contributed by atoms with Gasteiger partial charge in [-0.1, -0.05) is 109 Å². The minimum atomic E-state index is -0.398. The molecule has 0 bridgehead atoms. The van der Waals surface area contributed by atoms with Crippen LogP contribution in [-0.4, -0.2) is 31.0 Å². The van der Waals surface area contributed by atoms with Crippen molar-refractivity contribution in [3.8, 4) is 11.8 Å². The second-order valence-corrected chi connectivity index (χ2v) is 8.94. The molecule has 32 heavy (non-hydrogen) atoms. The summed E-state index contributed by atoms with van der Waals surface area (Å²) in [5.74, 6) is 0.592. The maximum absolute atomic E-state index is 9.49. The fourth-order valence-electron chi connectivity index (χ4n) is 3.92. The molecule has 0 aliphatic carbocycles. The molecule has 1 atom stereocenters. The normalized spacial score (nSPS) is 11.9. The van der Waals surface area contributed by atoms with E-state index in [-0.39, 0.29) is 6.61 Å². The summed E-state index contributed by atoms with van der Waals surface area (Å²) in [6.45, 7) is 3.25. The molecule has 0 fully saturated rings. The molecule has 0 aromatic heterocycles. The van der Waals surface area contributed by atoms with Crippen LogP contribution in [-0.2, 0) is 4.74 Å². The molecule has 1 rings (SSSR count). The third-order valence-electron chi connectivity index (χ3n) is 5.92. The highest BCUT2D eigenvalue weighted by Gasteiger charge is 2.10. The number of hydrogen-bond acceptors (Lipinski definition) is 4. The van der Waals surface area contributed by atoms with E-state index in [9.17, 15) is 5.11 Å². The molecule has 1 aromatic carbocycles. The Morgan fingerprint density at radius 2 is 1.34 bits per heavy atom. The summed E-state index contributed by atoms with van der Waals surface area (Å²) >= 11 is 0. The Balaban J connectivity index is 1.86. The van der Waals surface area contributed by atoms with Crippen molar-refractivity contribution in [3.63, 3.8) is 0 Å². The van der Waals surface area contributed by atoms with Crippen LogP contribution in [0.1, 0.15) is 115 Å². The third-order valence-corrected chi connectivity index (χ3v) is 5.92. The van der Waals surface area contributed by atoms with Gasteiger partial charge in [0.1, 0.15) is 11.9 Å². The average Bonchev–Trinajstić information content (AvgIpc) is 2.82. The third kappa shape index (κ3) is 16.1. The van der Waals surface area contributed by atoms with Crippen molar-refractivity contribution in [1.82, 2.24) is 0 Å². The first-order chi connectivity index (χ1) is 15.8. The summed E-state index contributed by atoms with van der Waals surface area (Å²) in [7, 11) is 0. The number of rotatable bonds is 22. The van der Waals surface area contributed by atoms with Gasteiger partial charge in [-0.25, -0.2) is 0 Å². The number of hydrogen-bond donors (Lipinski definition) is 1. The highest BCUT2D eigenvalue weighted by molar-refractivity contribution is 5.36. The fraction of sp³-hybridized carbons (Fsp3) is 0.750. The number of aliphatic hydroxyl groups is 1. The number of aliphatic hydroxyl groups excluding tert-OH is 1. The lowest BCUT2D eigenvalue weighted by molar-refractivity contribution is 0.0188. The minimum absolute atomic E-state index is 0.101. The van der Waals surface area contributed by atoms with Crippen molar-refractivity contribution in [3.05, 3.63) is 29.8 Å². The fourth-order valence-corrected chi connectivity index (χ4v) is 3.92. The van der Waals surface area contributed by atoms with Crippen LogP contribution in [0.5, 0.6) is 5.75 Å². The molecule has 1 N–H and O–H groups in total. The molecule has 0 aliphatic rings. The molecular formula is C28H47NO3. The molecular weight excluding hydrogens is 398 g/mol. The largest absolute Gasteiger partial charge is 0.486 e. The van der Waals surface area contributed by atoms with Crippen LogP contribution in [0.4, 0.5) is 0 Å². The lowest BCUT2D eigenvalue weighted by Gasteiger charge is -2.17. The Morgan fingerprint density at radius 3 is 1.84 bits per heavy atom. The minimum Gasteiger partial charge on any atom is -0.486 e. The molecule has 0 spiro atoms. The van der Waals surface area contributed by atoms with Crippen molar-refractivity contribution in [1.29, 1.82) is 5.26 Å². The molecule has 182 valence electrons. The van der Waals surface area contributed by atoms with Gasteiger partial charge in [-0.3, -0.25) is 0 Å². The smallest absolute Gasteiger partial charge is 0.145 e. The van der Waals surface area contributed by atoms with Crippen molar-refractivity contribution in [2.75, 3.05) is 19.8 Å². The van der Waals surface area contributed by atoms with Crippen molar-refractivity contribution < 1.29 is 14.6 Å². The van der Waals surface area contributed by atoms with E-state index in [1.54, 1.807) is 24.3 Å². The number of nitriles is 1. The van der Waals surface area contributed by atoms with Crippen LogP contribution in [0.3, 0.4) is 0 Å². The van der Waals surface area contributed by atoms with Crippen LogP contribution in [0, 0.1) is 11.3 Å². The Kier molecular flexibility index (Phi) is 18.9. The van der Waals surface area contributed by atoms with Gasteiger partial charge >= 0.3 is 0 Å². The van der Waals surface area contributed by atoms with Gasteiger partial charge in [-0.2, -0.15) is 5.26 Å². The highest BCUT2D eigenvalue weighted by atomic mass is 16.5. The maximum Gasteiger partial charge on any atom is 0.145 e. The van der Waals surface area contributed by atoms with Crippen LogP contribution >= 0.6 is 0 Å². The monoisotopic (exact) mass is 445 g/mol. The Hall–Kier alpha value is -1.57. The summed E-state index contributed by atoms with van der Waals surface area (Å²) in [6, 6.07) is 9.07. The number of unbranched alkanes of at least 4 members (excludes halogenated alkanes) is 15. The Morgan fingerprint density at radius 1 is 0.812 bits per heavy atom. The number of nitrogens with zero attached hydrogens (tertiary/aromatic N) is 1. The van der Waals surface area contributed by atoms with Gasteiger partial charge in [0.2, 0.25) is 0 Å². The molecule has 0 saturated carbocycles. The zero-order valence-electron chi connectivity index (χ0n) is 20.5. The van der Waals surface area contributed by atoms with E-state index in [1.807, 2.05) is 0 Å². The summed E-state index contributed by atoms with van der Waals surface area (Å²) < 4.78 is 11.4. The standard InChI is InChI=1S/C28H47NO3/c1-2-3-4-5-6-7-8-9-10-11-12-13-14-15-16-17-21-31-25-28(24-30)32-27-20-18-19-26(22-27)23-29/h18-20,22,28,30H,2-17,21,24-25H2,1H3/t28-/m0/s1. The number of benzene rings is 1. The van der Waals surface area contributed by atoms with E-state index in [0.29, 0.717) is 24.5 Å². The zero-order valence-corrected chi connectivity index (χ0v) is 20.5. The first kappa shape index (κ1) is 28.5. The van der Waals surface area contributed by atoms with Crippen LogP contribution in [0.25, 0.3) is 0 Å². The topological polar surface area (TPSA) is 62.5 Å². The van der Waals surface area contributed by atoms with Crippen molar-refractivity contribution in [2.24, 2.45) is 0 Å². The van der Waals surface area contributed by atoms with Gasteiger partial charge in [0, 0.05) is 6.61 Å². The van der Waals surface area contributed by atoms with E-state index in [1.165, 1.54) is 96.3 Å². The van der Waals surface area contributed by atoms with Gasteiger partial charge in [0.05, 0.1) is 24.8 Å². The molecule has 0 saturated heterocycles. The Labute approximate surface area is 197 Å². The molecule has 0 aliphatic heterocycles. The van der Waals surface area contributed by atoms with E-state index >= 15 is 0 Å². The van der Waals surface area contributed by atoms with E-state index in [4.69, 9.17) is 14.7 Å².